The number of nitrogens with one attached hydrogen (secondary N) is 1. The first-order valence-corrected chi connectivity index (χ1v) is 9.83. The number of ether oxygens (including phenoxy) is 2. The van der Waals surface area contributed by atoms with Crippen molar-refractivity contribution < 1.29 is 14.3 Å². The molecule has 1 amide bonds. The molecule has 1 N–H and O–H groups in total. The van der Waals surface area contributed by atoms with Gasteiger partial charge in [0.05, 0.1) is 25.4 Å². The van der Waals surface area contributed by atoms with Crippen molar-refractivity contribution in [2.45, 2.75) is 13.5 Å². The second kappa shape index (κ2) is 7.88. The summed E-state index contributed by atoms with van der Waals surface area (Å²) in [7, 11) is 3.18. The van der Waals surface area contributed by atoms with Gasteiger partial charge in [0, 0.05) is 23.1 Å². The van der Waals surface area contributed by atoms with E-state index in [2.05, 4.69) is 20.6 Å². The van der Waals surface area contributed by atoms with Crippen LogP contribution in [0.1, 0.15) is 17.3 Å². The van der Waals surface area contributed by atoms with E-state index in [0.717, 1.165) is 23.3 Å². The Morgan fingerprint density at radius 3 is 2.72 bits per heavy atom. The number of hydrogen-bond acceptors (Lipinski definition) is 7. The number of benzene rings is 2. The van der Waals surface area contributed by atoms with Crippen LogP contribution < -0.4 is 14.8 Å². The summed E-state index contributed by atoms with van der Waals surface area (Å²) >= 11 is 1.35. The number of amides is 1. The summed E-state index contributed by atoms with van der Waals surface area (Å²) in [5.74, 6) is 1.03. The van der Waals surface area contributed by atoms with Crippen LogP contribution in [0.25, 0.3) is 22.3 Å². The first-order valence-electron chi connectivity index (χ1n) is 8.95. The molecule has 2 aromatic carbocycles. The number of nitrogens with zero attached hydrogens (tertiary/aromatic N) is 4. The van der Waals surface area contributed by atoms with Crippen molar-refractivity contribution in [3.8, 4) is 22.8 Å². The molecule has 0 fully saturated rings. The summed E-state index contributed by atoms with van der Waals surface area (Å²) in [4.78, 5) is 17.1. The summed E-state index contributed by atoms with van der Waals surface area (Å²) in [6, 6.07) is 10.9. The van der Waals surface area contributed by atoms with Gasteiger partial charge >= 0.3 is 0 Å². The summed E-state index contributed by atoms with van der Waals surface area (Å²) in [6.07, 6.45) is 0. The Labute approximate surface area is 171 Å². The van der Waals surface area contributed by atoms with Crippen molar-refractivity contribution in [3.63, 3.8) is 0 Å². The summed E-state index contributed by atoms with van der Waals surface area (Å²) in [5.41, 5.74) is 3.70. The number of carbonyl (C=O) groups is 1. The lowest BCUT2D eigenvalue weighted by molar-refractivity contribution is 0.102. The van der Waals surface area contributed by atoms with Gasteiger partial charge in [-0.25, -0.2) is 9.67 Å². The fraction of sp³-hybridized carbons (Fsp3) is 0.200. The van der Waals surface area contributed by atoms with Crippen molar-refractivity contribution in [1.82, 2.24) is 20.0 Å². The zero-order chi connectivity index (χ0) is 20.4. The minimum Gasteiger partial charge on any atom is -0.493 e. The van der Waals surface area contributed by atoms with E-state index in [4.69, 9.17) is 9.47 Å². The average molecular weight is 409 g/mol. The Morgan fingerprint density at radius 2 is 1.97 bits per heavy atom. The Balaban J connectivity index is 1.54. The van der Waals surface area contributed by atoms with Gasteiger partial charge in [0.15, 0.2) is 16.6 Å². The monoisotopic (exact) mass is 409 g/mol. The van der Waals surface area contributed by atoms with Crippen molar-refractivity contribution in [3.05, 3.63) is 47.3 Å². The SMILES string of the molecule is CCn1nnc2cc(C(=O)Nc3nc(-c4ccc(OC)c(OC)c4)cs3)ccc21. The number of thiazole rings is 1. The number of methoxy groups -OCH3 is 2. The Kier molecular flexibility index (Phi) is 5.13. The Bertz CT molecular complexity index is 1180. The molecule has 0 saturated carbocycles. The van der Waals surface area contributed by atoms with E-state index in [1.807, 2.05) is 36.6 Å². The minimum absolute atomic E-state index is 0.244. The van der Waals surface area contributed by atoms with Crippen molar-refractivity contribution in [1.29, 1.82) is 0 Å². The maximum absolute atomic E-state index is 12.6. The Hall–Kier alpha value is -3.46. The van der Waals surface area contributed by atoms with E-state index in [9.17, 15) is 4.79 Å². The van der Waals surface area contributed by atoms with Gasteiger partial charge in [0.1, 0.15) is 5.52 Å². The molecular formula is C20H19N5O3S. The molecule has 8 nitrogen and oxygen atoms in total. The van der Waals surface area contributed by atoms with Crippen LogP contribution in [0.4, 0.5) is 5.13 Å². The topological polar surface area (TPSA) is 91.2 Å². The quantitative estimate of drug-likeness (QED) is 0.520. The second-order valence-electron chi connectivity index (χ2n) is 6.17. The van der Waals surface area contributed by atoms with Crippen LogP contribution in [0.2, 0.25) is 0 Å². The third kappa shape index (κ3) is 3.64. The maximum Gasteiger partial charge on any atom is 0.257 e. The molecule has 0 aliphatic heterocycles. The first kappa shape index (κ1) is 18.9. The van der Waals surface area contributed by atoms with Crippen molar-refractivity contribution >= 4 is 33.4 Å². The molecule has 0 aliphatic rings. The fourth-order valence-electron chi connectivity index (χ4n) is 2.98. The van der Waals surface area contributed by atoms with Crippen molar-refractivity contribution in [2.24, 2.45) is 0 Å². The van der Waals surface area contributed by atoms with E-state index in [1.165, 1.54) is 11.3 Å². The number of rotatable bonds is 6. The Morgan fingerprint density at radius 1 is 1.14 bits per heavy atom. The number of aromatic nitrogens is 4. The standard InChI is InChI=1S/C20H19N5O3S/c1-4-25-16-7-5-13(9-14(16)23-24-25)19(26)22-20-21-15(11-29-20)12-6-8-17(27-2)18(10-12)28-3/h5-11H,4H2,1-3H3,(H,21,22,26). The molecular weight excluding hydrogens is 390 g/mol. The molecule has 0 atom stereocenters. The van der Waals surface area contributed by atoms with E-state index in [1.54, 1.807) is 31.0 Å². The number of carbonyl (C=O) groups excluding carboxylic acids is 1. The van der Waals surface area contributed by atoms with Crippen LogP contribution >= 0.6 is 11.3 Å². The molecule has 0 spiro atoms. The lowest BCUT2D eigenvalue weighted by Crippen LogP contribution is -2.11. The smallest absolute Gasteiger partial charge is 0.257 e. The van der Waals surface area contributed by atoms with Crippen LogP contribution in [-0.4, -0.2) is 40.1 Å². The van der Waals surface area contributed by atoms with E-state index in [-0.39, 0.29) is 5.91 Å². The van der Waals surface area contributed by atoms with Crippen LogP contribution in [0.5, 0.6) is 11.5 Å². The van der Waals surface area contributed by atoms with Gasteiger partial charge in [0.2, 0.25) is 0 Å². The normalized spacial score (nSPS) is 10.9. The van der Waals surface area contributed by atoms with Gasteiger partial charge in [0.25, 0.3) is 5.91 Å². The third-order valence-corrected chi connectivity index (χ3v) is 5.24. The van der Waals surface area contributed by atoms with Gasteiger partial charge in [-0.05, 0) is 43.3 Å². The van der Waals surface area contributed by atoms with Gasteiger partial charge in [-0.1, -0.05) is 5.21 Å². The zero-order valence-corrected chi connectivity index (χ0v) is 17.0. The lowest BCUT2D eigenvalue weighted by atomic mass is 10.1. The molecule has 0 aliphatic carbocycles. The molecule has 148 valence electrons. The third-order valence-electron chi connectivity index (χ3n) is 4.48. The summed E-state index contributed by atoms with van der Waals surface area (Å²) in [5, 5.41) is 13.4. The highest BCUT2D eigenvalue weighted by molar-refractivity contribution is 7.14. The second-order valence-corrected chi connectivity index (χ2v) is 7.03. The predicted octanol–water partition coefficient (Wildman–Crippen LogP) is 3.84. The largest absolute Gasteiger partial charge is 0.493 e. The minimum atomic E-state index is -0.244. The van der Waals surface area contributed by atoms with Crippen LogP contribution in [0.3, 0.4) is 0 Å². The van der Waals surface area contributed by atoms with Gasteiger partial charge in [-0.2, -0.15) is 0 Å². The average Bonchev–Trinajstić information content (AvgIpc) is 3.39. The first-order chi connectivity index (χ1) is 14.1. The molecule has 2 heterocycles. The van der Waals surface area contributed by atoms with Crippen LogP contribution in [0.15, 0.2) is 41.8 Å². The van der Waals surface area contributed by atoms with Crippen LogP contribution in [-0.2, 0) is 6.54 Å². The lowest BCUT2D eigenvalue weighted by Gasteiger charge is -2.08. The molecule has 0 bridgehead atoms. The van der Waals surface area contributed by atoms with E-state index < -0.39 is 0 Å². The van der Waals surface area contributed by atoms with E-state index >= 15 is 0 Å². The number of anilines is 1. The van der Waals surface area contributed by atoms with E-state index in [0.29, 0.717) is 27.7 Å². The highest BCUT2D eigenvalue weighted by Crippen LogP contribution is 2.33. The molecule has 0 radical (unpaired) electrons. The summed E-state index contributed by atoms with van der Waals surface area (Å²) < 4.78 is 12.4. The highest BCUT2D eigenvalue weighted by atomic mass is 32.1. The van der Waals surface area contributed by atoms with Gasteiger partial charge in [-0.15, -0.1) is 16.4 Å². The van der Waals surface area contributed by atoms with Gasteiger partial charge in [-0.3, -0.25) is 10.1 Å². The molecule has 4 aromatic rings. The molecule has 0 saturated heterocycles. The predicted molar refractivity (Wildman–Crippen MR) is 112 cm³/mol. The number of aryl methyl sites for hydroxylation is 1. The molecule has 0 unspecified atom stereocenters. The zero-order valence-electron chi connectivity index (χ0n) is 16.2. The number of fused-ring (bicyclic) bond motifs is 1. The number of hydrogen-bond donors (Lipinski definition) is 1. The molecule has 2 aromatic heterocycles. The molecule has 4 rings (SSSR count). The molecule has 29 heavy (non-hydrogen) atoms. The van der Waals surface area contributed by atoms with Crippen LogP contribution in [0, 0.1) is 0 Å². The van der Waals surface area contributed by atoms with Crippen molar-refractivity contribution in [2.75, 3.05) is 19.5 Å². The maximum atomic E-state index is 12.6. The highest BCUT2D eigenvalue weighted by Gasteiger charge is 2.13. The molecule has 9 heteroatoms. The summed E-state index contributed by atoms with van der Waals surface area (Å²) in [6.45, 7) is 2.72. The van der Waals surface area contributed by atoms with Gasteiger partial charge < -0.3 is 9.47 Å². The fourth-order valence-corrected chi connectivity index (χ4v) is 3.69.